The molecule has 2 fully saturated rings. The van der Waals surface area contributed by atoms with Crippen molar-refractivity contribution in [1.29, 1.82) is 5.26 Å². The highest BCUT2D eigenvalue weighted by atomic mass is 19.1. The molecule has 1 aromatic carbocycles. The van der Waals surface area contributed by atoms with Crippen molar-refractivity contribution in [3.05, 3.63) is 59.7 Å². The fraction of sp³-hybridized carbons (Fsp3) is 0.435. The minimum Gasteiger partial charge on any atom is -0.487 e. The lowest BCUT2D eigenvalue weighted by molar-refractivity contribution is 0.0741. The number of carbonyl (C=O) groups is 1. The van der Waals surface area contributed by atoms with Gasteiger partial charge in [0.15, 0.2) is 0 Å². The van der Waals surface area contributed by atoms with Crippen LogP contribution in [0.5, 0.6) is 5.75 Å². The summed E-state index contributed by atoms with van der Waals surface area (Å²) < 4.78 is 25.0. The first kappa shape index (κ1) is 21.1. The van der Waals surface area contributed by atoms with E-state index in [4.69, 9.17) is 14.7 Å². The van der Waals surface area contributed by atoms with Gasteiger partial charge in [-0.15, -0.1) is 0 Å². The Kier molecular flexibility index (Phi) is 6.63. The molecular formula is C23H25FN4O3. The summed E-state index contributed by atoms with van der Waals surface area (Å²) in [7, 11) is 0. The molecule has 1 aliphatic heterocycles. The van der Waals surface area contributed by atoms with E-state index in [2.05, 4.69) is 15.6 Å². The molecule has 162 valence electrons. The van der Waals surface area contributed by atoms with E-state index in [9.17, 15) is 9.18 Å². The van der Waals surface area contributed by atoms with E-state index in [0.717, 1.165) is 24.9 Å². The highest BCUT2D eigenvalue weighted by Gasteiger charge is 2.38. The lowest BCUT2D eigenvalue weighted by Gasteiger charge is -2.26. The van der Waals surface area contributed by atoms with Crippen LogP contribution in [0.25, 0.3) is 0 Å². The first-order chi connectivity index (χ1) is 15.1. The average Bonchev–Trinajstić information content (AvgIpc) is 3.17. The number of ether oxygens (including phenoxy) is 2. The number of amides is 1. The monoisotopic (exact) mass is 424 g/mol. The number of nitrogens with zero attached hydrogens (tertiary/aromatic N) is 2. The fourth-order valence-corrected chi connectivity index (χ4v) is 4.24. The van der Waals surface area contributed by atoms with Crippen LogP contribution in [0.3, 0.4) is 0 Å². The second-order valence-electron chi connectivity index (χ2n) is 7.99. The molecule has 2 aliphatic rings. The van der Waals surface area contributed by atoms with Crippen molar-refractivity contribution in [2.24, 2.45) is 0 Å². The zero-order valence-electron chi connectivity index (χ0n) is 17.1. The number of rotatable bonds is 5. The Bertz CT molecular complexity index is 923. The SMILES string of the molecule is N#Cc1ccc(OC2CC(c3ccc(F)cc3)CC2NC(=O)OC2CCCNC2)cn1. The second kappa shape index (κ2) is 9.75. The summed E-state index contributed by atoms with van der Waals surface area (Å²) >= 11 is 0. The molecule has 1 amide bonds. The number of halogens is 1. The molecule has 0 bridgehead atoms. The number of alkyl carbamates (subject to hydrolysis) is 1. The summed E-state index contributed by atoms with van der Waals surface area (Å²) in [5.41, 5.74) is 1.31. The zero-order valence-corrected chi connectivity index (χ0v) is 17.1. The number of aromatic nitrogens is 1. The third-order valence-electron chi connectivity index (χ3n) is 5.81. The maximum absolute atomic E-state index is 13.3. The van der Waals surface area contributed by atoms with Crippen LogP contribution < -0.4 is 15.4 Å². The van der Waals surface area contributed by atoms with Gasteiger partial charge >= 0.3 is 6.09 Å². The van der Waals surface area contributed by atoms with Crippen molar-refractivity contribution in [2.75, 3.05) is 13.1 Å². The molecule has 8 heteroatoms. The molecular weight excluding hydrogens is 399 g/mol. The number of benzene rings is 1. The van der Waals surface area contributed by atoms with Crippen molar-refractivity contribution in [3.63, 3.8) is 0 Å². The van der Waals surface area contributed by atoms with Crippen molar-refractivity contribution in [3.8, 4) is 11.8 Å². The van der Waals surface area contributed by atoms with Gasteiger partial charge in [0.2, 0.25) is 0 Å². The largest absolute Gasteiger partial charge is 0.487 e. The van der Waals surface area contributed by atoms with Gasteiger partial charge in [0.25, 0.3) is 0 Å². The summed E-state index contributed by atoms with van der Waals surface area (Å²) in [5.74, 6) is 0.358. The quantitative estimate of drug-likeness (QED) is 0.765. The van der Waals surface area contributed by atoms with Gasteiger partial charge in [-0.2, -0.15) is 5.26 Å². The molecule has 0 radical (unpaired) electrons. The average molecular weight is 424 g/mol. The van der Waals surface area contributed by atoms with Crippen LogP contribution in [-0.2, 0) is 4.74 Å². The minimum atomic E-state index is -0.454. The number of nitrogens with one attached hydrogen (secondary N) is 2. The molecule has 7 nitrogen and oxygen atoms in total. The Labute approximate surface area is 180 Å². The summed E-state index contributed by atoms with van der Waals surface area (Å²) in [6.07, 6.45) is 3.75. The van der Waals surface area contributed by atoms with E-state index in [0.29, 0.717) is 30.8 Å². The van der Waals surface area contributed by atoms with Crippen molar-refractivity contribution in [1.82, 2.24) is 15.6 Å². The van der Waals surface area contributed by atoms with Gasteiger partial charge in [-0.25, -0.2) is 14.2 Å². The molecule has 0 spiro atoms. The lowest BCUT2D eigenvalue weighted by Crippen LogP contribution is -2.45. The van der Waals surface area contributed by atoms with Crippen LogP contribution >= 0.6 is 0 Å². The molecule has 1 saturated heterocycles. The predicted octanol–water partition coefficient (Wildman–Crippen LogP) is 3.26. The normalized spacial score (nSPS) is 25.4. The van der Waals surface area contributed by atoms with E-state index >= 15 is 0 Å². The van der Waals surface area contributed by atoms with Crippen molar-refractivity contribution >= 4 is 6.09 Å². The van der Waals surface area contributed by atoms with Crippen LogP contribution in [0.1, 0.15) is 42.9 Å². The summed E-state index contributed by atoms with van der Waals surface area (Å²) in [4.78, 5) is 16.6. The summed E-state index contributed by atoms with van der Waals surface area (Å²) in [6.45, 7) is 1.60. The second-order valence-corrected chi connectivity index (χ2v) is 7.99. The van der Waals surface area contributed by atoms with E-state index in [1.54, 1.807) is 24.3 Å². The molecule has 2 N–H and O–H groups in total. The zero-order chi connectivity index (χ0) is 21.6. The smallest absolute Gasteiger partial charge is 0.407 e. The van der Waals surface area contributed by atoms with Gasteiger partial charge in [0.1, 0.15) is 35.5 Å². The van der Waals surface area contributed by atoms with Crippen molar-refractivity contribution < 1.29 is 18.7 Å². The van der Waals surface area contributed by atoms with Gasteiger partial charge in [0.05, 0.1) is 12.2 Å². The van der Waals surface area contributed by atoms with Gasteiger partial charge in [-0.1, -0.05) is 12.1 Å². The molecule has 2 aromatic rings. The van der Waals surface area contributed by atoms with Gasteiger partial charge in [-0.05, 0) is 68.0 Å². The number of nitriles is 1. The Hall–Kier alpha value is -3.18. The van der Waals surface area contributed by atoms with Gasteiger partial charge in [0, 0.05) is 6.54 Å². The third-order valence-corrected chi connectivity index (χ3v) is 5.81. The maximum atomic E-state index is 13.3. The Morgan fingerprint density at radius 2 is 2.06 bits per heavy atom. The van der Waals surface area contributed by atoms with E-state index < -0.39 is 6.09 Å². The van der Waals surface area contributed by atoms with E-state index in [-0.39, 0.29) is 30.0 Å². The van der Waals surface area contributed by atoms with Crippen LogP contribution in [0.4, 0.5) is 9.18 Å². The highest BCUT2D eigenvalue weighted by Crippen LogP contribution is 2.37. The third kappa shape index (κ3) is 5.50. The minimum absolute atomic E-state index is 0.110. The molecule has 1 aliphatic carbocycles. The number of hydrogen-bond donors (Lipinski definition) is 2. The van der Waals surface area contributed by atoms with Gasteiger partial charge in [-0.3, -0.25) is 0 Å². The van der Waals surface area contributed by atoms with Crippen LogP contribution in [0.2, 0.25) is 0 Å². The Morgan fingerprint density at radius 3 is 2.74 bits per heavy atom. The maximum Gasteiger partial charge on any atom is 0.407 e. The standard InChI is InChI=1S/C23H25FN4O3/c24-17-5-3-15(4-6-17)16-10-21(28-23(29)31-19-2-1-9-26-13-19)22(11-16)30-20-8-7-18(12-25)27-14-20/h3-8,14,16,19,21-22,26H,1-2,9-11,13H2,(H,28,29). The van der Waals surface area contributed by atoms with Gasteiger partial charge < -0.3 is 20.1 Å². The first-order valence-electron chi connectivity index (χ1n) is 10.6. The summed E-state index contributed by atoms with van der Waals surface area (Å²) in [6, 6.07) is 11.4. The van der Waals surface area contributed by atoms with E-state index in [1.807, 2.05) is 6.07 Å². The number of piperidine rings is 1. The Balaban J connectivity index is 1.45. The number of carbonyl (C=O) groups excluding carboxylic acids is 1. The number of pyridine rings is 1. The van der Waals surface area contributed by atoms with Crippen LogP contribution in [-0.4, -0.2) is 42.4 Å². The van der Waals surface area contributed by atoms with Crippen molar-refractivity contribution in [2.45, 2.75) is 49.9 Å². The first-order valence-corrected chi connectivity index (χ1v) is 10.6. The summed E-state index contributed by atoms with van der Waals surface area (Å²) in [5, 5.41) is 15.1. The molecule has 4 rings (SSSR count). The highest BCUT2D eigenvalue weighted by molar-refractivity contribution is 5.68. The van der Waals surface area contributed by atoms with Crippen LogP contribution in [0.15, 0.2) is 42.6 Å². The predicted molar refractivity (Wildman–Crippen MR) is 111 cm³/mol. The molecule has 4 unspecified atom stereocenters. The molecule has 1 aromatic heterocycles. The number of hydrogen-bond acceptors (Lipinski definition) is 6. The molecule has 31 heavy (non-hydrogen) atoms. The fourth-order valence-electron chi connectivity index (χ4n) is 4.24. The van der Waals surface area contributed by atoms with E-state index in [1.165, 1.54) is 18.3 Å². The molecule has 4 atom stereocenters. The molecule has 1 saturated carbocycles. The Morgan fingerprint density at radius 1 is 1.23 bits per heavy atom. The topological polar surface area (TPSA) is 96.3 Å². The van der Waals surface area contributed by atoms with Crippen LogP contribution in [0, 0.1) is 17.1 Å². The molecule has 2 heterocycles. The lowest BCUT2D eigenvalue weighted by atomic mass is 9.97.